The molecule has 0 aliphatic carbocycles. The SMILES string of the molecule is Cc1ccc(-c2csc3ncnc(N4CCN([C@@H](C)C(N)=O)CC4)c23)cc1. The first-order valence-electron chi connectivity index (χ1n) is 9.12. The Hall–Kier alpha value is -2.51. The van der Waals surface area contributed by atoms with Crippen molar-refractivity contribution in [2.45, 2.75) is 19.9 Å². The number of carbonyl (C=O) groups is 1. The van der Waals surface area contributed by atoms with E-state index in [0.717, 1.165) is 42.2 Å². The highest BCUT2D eigenvalue weighted by Crippen LogP contribution is 2.38. The van der Waals surface area contributed by atoms with Gasteiger partial charge in [0.2, 0.25) is 5.91 Å². The number of rotatable bonds is 4. The molecule has 140 valence electrons. The van der Waals surface area contributed by atoms with Crippen LogP contribution in [0, 0.1) is 6.92 Å². The number of anilines is 1. The summed E-state index contributed by atoms with van der Waals surface area (Å²) in [5.41, 5.74) is 9.06. The Balaban J connectivity index is 1.66. The zero-order chi connectivity index (χ0) is 19.0. The van der Waals surface area contributed by atoms with Crippen LogP contribution in [0.25, 0.3) is 21.3 Å². The fourth-order valence-electron chi connectivity index (χ4n) is 3.55. The van der Waals surface area contributed by atoms with Gasteiger partial charge in [-0.25, -0.2) is 9.97 Å². The van der Waals surface area contributed by atoms with Crippen LogP contribution < -0.4 is 10.6 Å². The van der Waals surface area contributed by atoms with Crippen LogP contribution in [-0.4, -0.2) is 53.0 Å². The molecule has 1 amide bonds. The molecule has 3 aromatic rings. The summed E-state index contributed by atoms with van der Waals surface area (Å²) >= 11 is 1.65. The number of benzene rings is 1. The number of thiophene rings is 1. The number of primary amides is 1. The van der Waals surface area contributed by atoms with Crippen LogP contribution in [0.4, 0.5) is 5.82 Å². The second-order valence-corrected chi connectivity index (χ2v) is 7.85. The van der Waals surface area contributed by atoms with Crippen LogP contribution in [-0.2, 0) is 4.79 Å². The molecule has 2 aromatic heterocycles. The molecule has 0 bridgehead atoms. The molecule has 1 atom stereocenters. The molecular formula is C20H23N5OS. The highest BCUT2D eigenvalue weighted by Gasteiger charge is 2.26. The molecule has 0 spiro atoms. The van der Waals surface area contributed by atoms with E-state index >= 15 is 0 Å². The molecule has 4 rings (SSSR count). The molecule has 1 fully saturated rings. The van der Waals surface area contributed by atoms with Crippen LogP contribution in [0.5, 0.6) is 0 Å². The van der Waals surface area contributed by atoms with E-state index in [2.05, 4.69) is 56.3 Å². The topological polar surface area (TPSA) is 75.3 Å². The first kappa shape index (κ1) is 17.9. The molecule has 2 N–H and O–H groups in total. The third kappa shape index (κ3) is 3.40. The monoisotopic (exact) mass is 381 g/mol. The zero-order valence-corrected chi connectivity index (χ0v) is 16.4. The first-order chi connectivity index (χ1) is 13.0. The van der Waals surface area contributed by atoms with Gasteiger partial charge in [-0.3, -0.25) is 9.69 Å². The number of amides is 1. The summed E-state index contributed by atoms with van der Waals surface area (Å²) in [6.45, 7) is 7.17. The maximum Gasteiger partial charge on any atom is 0.234 e. The molecule has 0 radical (unpaired) electrons. The number of carbonyl (C=O) groups excluding carboxylic acids is 1. The maximum absolute atomic E-state index is 11.5. The van der Waals surface area contributed by atoms with Crippen molar-refractivity contribution in [1.82, 2.24) is 14.9 Å². The Bertz CT molecular complexity index is 960. The Morgan fingerprint density at radius 3 is 2.52 bits per heavy atom. The quantitative estimate of drug-likeness (QED) is 0.752. The minimum absolute atomic E-state index is 0.234. The van der Waals surface area contributed by atoms with Crippen molar-refractivity contribution in [3.63, 3.8) is 0 Å². The van der Waals surface area contributed by atoms with Crippen molar-refractivity contribution in [3.05, 3.63) is 41.5 Å². The van der Waals surface area contributed by atoms with Gasteiger partial charge < -0.3 is 10.6 Å². The van der Waals surface area contributed by atoms with Crippen molar-refractivity contribution >= 4 is 33.3 Å². The zero-order valence-electron chi connectivity index (χ0n) is 15.6. The van der Waals surface area contributed by atoms with Crippen LogP contribution in [0.15, 0.2) is 36.0 Å². The van der Waals surface area contributed by atoms with Crippen molar-refractivity contribution in [2.24, 2.45) is 5.73 Å². The van der Waals surface area contributed by atoms with E-state index in [1.807, 2.05) is 6.92 Å². The van der Waals surface area contributed by atoms with Gasteiger partial charge >= 0.3 is 0 Å². The van der Waals surface area contributed by atoms with Crippen molar-refractivity contribution in [1.29, 1.82) is 0 Å². The number of nitrogens with zero attached hydrogens (tertiary/aromatic N) is 4. The predicted octanol–water partition coefficient (Wildman–Crippen LogP) is 2.66. The average molecular weight is 382 g/mol. The highest BCUT2D eigenvalue weighted by atomic mass is 32.1. The van der Waals surface area contributed by atoms with Gasteiger partial charge in [0.1, 0.15) is 17.0 Å². The second kappa shape index (κ2) is 7.25. The van der Waals surface area contributed by atoms with E-state index in [9.17, 15) is 4.79 Å². The Morgan fingerprint density at radius 2 is 1.85 bits per heavy atom. The lowest BCUT2D eigenvalue weighted by Crippen LogP contribution is -2.53. The molecule has 0 saturated carbocycles. The van der Waals surface area contributed by atoms with Gasteiger partial charge in [-0.1, -0.05) is 29.8 Å². The van der Waals surface area contributed by atoms with Gasteiger partial charge in [-0.2, -0.15) is 0 Å². The normalized spacial score (nSPS) is 16.6. The number of piperazine rings is 1. The largest absolute Gasteiger partial charge is 0.368 e. The third-order valence-electron chi connectivity index (χ3n) is 5.29. The van der Waals surface area contributed by atoms with Crippen LogP contribution >= 0.6 is 11.3 Å². The predicted molar refractivity (Wildman–Crippen MR) is 110 cm³/mol. The fourth-order valence-corrected chi connectivity index (χ4v) is 4.46. The third-order valence-corrected chi connectivity index (χ3v) is 6.17. The number of fused-ring (bicyclic) bond motifs is 1. The van der Waals surface area contributed by atoms with Gasteiger partial charge in [-0.15, -0.1) is 11.3 Å². The molecule has 6 nitrogen and oxygen atoms in total. The highest BCUT2D eigenvalue weighted by molar-refractivity contribution is 7.17. The van der Waals surface area contributed by atoms with Crippen LogP contribution in [0.3, 0.4) is 0 Å². The molecule has 3 heterocycles. The average Bonchev–Trinajstić information content (AvgIpc) is 3.12. The summed E-state index contributed by atoms with van der Waals surface area (Å²) in [5.74, 6) is 0.704. The van der Waals surface area contributed by atoms with Crippen molar-refractivity contribution < 1.29 is 4.79 Å². The standard InChI is InChI=1S/C20H23N5OS/c1-13-3-5-15(6-4-13)16-11-27-20-17(16)19(22-12-23-20)25-9-7-24(8-10-25)14(2)18(21)26/h3-6,11-12,14H,7-10H2,1-2H3,(H2,21,26)/t14-/m0/s1. The number of hydrogen-bond acceptors (Lipinski definition) is 6. The van der Waals surface area contributed by atoms with Gasteiger partial charge in [0.15, 0.2) is 0 Å². The number of nitrogens with two attached hydrogens (primary N) is 1. The Kier molecular flexibility index (Phi) is 4.80. The molecule has 1 saturated heterocycles. The summed E-state index contributed by atoms with van der Waals surface area (Å²) in [5, 5.41) is 3.28. The summed E-state index contributed by atoms with van der Waals surface area (Å²) in [7, 11) is 0. The molecular weight excluding hydrogens is 358 g/mol. The van der Waals surface area contributed by atoms with Gasteiger partial charge in [0.25, 0.3) is 0 Å². The summed E-state index contributed by atoms with van der Waals surface area (Å²) in [6.07, 6.45) is 1.64. The van der Waals surface area contributed by atoms with E-state index in [1.54, 1.807) is 17.7 Å². The van der Waals surface area contributed by atoms with E-state index in [4.69, 9.17) is 5.73 Å². The van der Waals surface area contributed by atoms with E-state index in [0.29, 0.717) is 0 Å². The molecule has 0 unspecified atom stereocenters. The van der Waals surface area contributed by atoms with E-state index < -0.39 is 0 Å². The minimum Gasteiger partial charge on any atom is -0.368 e. The molecule has 7 heteroatoms. The van der Waals surface area contributed by atoms with Crippen LogP contribution in [0.1, 0.15) is 12.5 Å². The number of aromatic nitrogens is 2. The fraction of sp³-hybridized carbons (Fsp3) is 0.350. The van der Waals surface area contributed by atoms with Gasteiger partial charge in [0, 0.05) is 37.1 Å². The Labute approximate surface area is 162 Å². The smallest absolute Gasteiger partial charge is 0.234 e. The number of aryl methyl sites for hydroxylation is 1. The van der Waals surface area contributed by atoms with Gasteiger partial charge in [0.05, 0.1) is 11.4 Å². The summed E-state index contributed by atoms with van der Waals surface area (Å²) in [6, 6.07) is 8.33. The van der Waals surface area contributed by atoms with Crippen LogP contribution in [0.2, 0.25) is 0 Å². The lowest BCUT2D eigenvalue weighted by molar-refractivity contribution is -0.122. The first-order valence-corrected chi connectivity index (χ1v) is 10.00. The minimum atomic E-state index is -0.271. The van der Waals surface area contributed by atoms with Crippen molar-refractivity contribution in [3.8, 4) is 11.1 Å². The second-order valence-electron chi connectivity index (χ2n) is 6.99. The summed E-state index contributed by atoms with van der Waals surface area (Å²) < 4.78 is 0. The molecule has 1 aliphatic rings. The Morgan fingerprint density at radius 1 is 1.15 bits per heavy atom. The van der Waals surface area contributed by atoms with Crippen molar-refractivity contribution in [2.75, 3.05) is 31.1 Å². The van der Waals surface area contributed by atoms with E-state index in [-0.39, 0.29) is 11.9 Å². The molecule has 1 aliphatic heterocycles. The molecule has 27 heavy (non-hydrogen) atoms. The number of hydrogen-bond donors (Lipinski definition) is 1. The lowest BCUT2D eigenvalue weighted by atomic mass is 10.0. The van der Waals surface area contributed by atoms with E-state index in [1.165, 1.54) is 16.7 Å². The molecule has 1 aromatic carbocycles. The maximum atomic E-state index is 11.5. The summed E-state index contributed by atoms with van der Waals surface area (Å²) in [4.78, 5) is 26.0. The van der Waals surface area contributed by atoms with Gasteiger partial charge in [-0.05, 0) is 19.4 Å². The lowest BCUT2D eigenvalue weighted by Gasteiger charge is -2.37.